The van der Waals surface area contributed by atoms with Crippen molar-refractivity contribution in [1.82, 2.24) is 20.0 Å². The molecule has 0 saturated carbocycles. The van der Waals surface area contributed by atoms with E-state index in [0.29, 0.717) is 13.1 Å². The quantitative estimate of drug-likeness (QED) is 0.806. The van der Waals surface area contributed by atoms with Gasteiger partial charge in [0.05, 0.1) is 11.6 Å². The highest BCUT2D eigenvalue weighted by Gasteiger charge is 2.25. The lowest BCUT2D eigenvalue weighted by Gasteiger charge is -2.32. The van der Waals surface area contributed by atoms with Crippen molar-refractivity contribution < 1.29 is 4.79 Å². The molecule has 1 unspecified atom stereocenters. The van der Waals surface area contributed by atoms with Gasteiger partial charge >= 0.3 is 0 Å². The Hall–Kier alpha value is -1.11. The number of aryl methyl sites for hydroxylation is 1. The summed E-state index contributed by atoms with van der Waals surface area (Å²) >= 11 is 0. The third-order valence-corrected chi connectivity index (χ3v) is 3.81. The fraction of sp³-hybridized carbons (Fsp3) is 0.714. The second kappa shape index (κ2) is 9.02. The van der Waals surface area contributed by atoms with Crippen LogP contribution in [0, 0.1) is 5.92 Å². The first kappa shape index (κ1) is 17.9. The van der Waals surface area contributed by atoms with Crippen molar-refractivity contribution in [3.05, 3.63) is 18.0 Å². The summed E-state index contributed by atoms with van der Waals surface area (Å²) in [5, 5.41) is 7.19. The number of nitrogens with one attached hydrogen (secondary N) is 1. The zero-order valence-electron chi connectivity index (χ0n) is 12.6. The summed E-state index contributed by atoms with van der Waals surface area (Å²) in [7, 11) is 0. The van der Waals surface area contributed by atoms with Crippen molar-refractivity contribution >= 4 is 18.3 Å². The molecule has 1 aliphatic heterocycles. The molecular formula is C14H26ClN5O. The van der Waals surface area contributed by atoms with Crippen molar-refractivity contribution in [3.63, 3.8) is 0 Å². The molecule has 1 aromatic rings. The molecule has 6 nitrogen and oxygen atoms in total. The number of nitrogens with two attached hydrogens (primary N) is 1. The minimum absolute atomic E-state index is 0. The van der Waals surface area contributed by atoms with Gasteiger partial charge in [-0.05, 0) is 32.4 Å². The normalized spacial score (nSPS) is 19.0. The Bertz CT molecular complexity index is 437. The van der Waals surface area contributed by atoms with E-state index in [1.165, 1.54) is 5.69 Å². The van der Waals surface area contributed by atoms with Gasteiger partial charge in [0.1, 0.15) is 0 Å². The molecule has 1 saturated heterocycles. The maximum Gasteiger partial charge on any atom is 0.224 e. The van der Waals surface area contributed by atoms with Gasteiger partial charge in [-0.15, -0.1) is 12.4 Å². The van der Waals surface area contributed by atoms with Crippen molar-refractivity contribution in [3.8, 4) is 0 Å². The van der Waals surface area contributed by atoms with E-state index in [1.54, 1.807) is 0 Å². The molecule has 0 bridgehead atoms. The number of nitrogens with zero attached hydrogens (tertiary/aromatic N) is 3. The SMILES string of the molecule is CCn1nccc1CN1CCCC(C(=O)NCCN)C1.Cl. The molecule has 0 spiro atoms. The highest BCUT2D eigenvalue weighted by atomic mass is 35.5. The summed E-state index contributed by atoms with van der Waals surface area (Å²) in [4.78, 5) is 14.4. The Balaban J connectivity index is 0.00000220. The number of carbonyl (C=O) groups is 1. The lowest BCUT2D eigenvalue weighted by Crippen LogP contribution is -2.43. The number of rotatable bonds is 6. The second-order valence-corrected chi connectivity index (χ2v) is 5.29. The van der Waals surface area contributed by atoms with Gasteiger partial charge in [-0.2, -0.15) is 5.10 Å². The van der Waals surface area contributed by atoms with Crippen LogP contribution in [-0.2, 0) is 17.9 Å². The van der Waals surface area contributed by atoms with Crippen LogP contribution < -0.4 is 11.1 Å². The van der Waals surface area contributed by atoms with E-state index >= 15 is 0 Å². The number of carbonyl (C=O) groups excluding carboxylic acids is 1. The van der Waals surface area contributed by atoms with E-state index in [1.807, 2.05) is 10.9 Å². The molecule has 1 amide bonds. The molecule has 0 radical (unpaired) electrons. The summed E-state index contributed by atoms with van der Waals surface area (Å²) in [5.74, 6) is 0.234. The van der Waals surface area contributed by atoms with Crippen LogP contribution in [0.4, 0.5) is 0 Å². The van der Waals surface area contributed by atoms with Gasteiger partial charge in [0.2, 0.25) is 5.91 Å². The average Bonchev–Trinajstić information content (AvgIpc) is 2.92. The summed E-state index contributed by atoms with van der Waals surface area (Å²) < 4.78 is 2.01. The van der Waals surface area contributed by atoms with E-state index in [4.69, 9.17) is 5.73 Å². The first-order valence-corrected chi connectivity index (χ1v) is 7.45. The molecule has 1 aromatic heterocycles. The van der Waals surface area contributed by atoms with Crippen LogP contribution in [0.3, 0.4) is 0 Å². The van der Waals surface area contributed by atoms with Crippen LogP contribution in [0.5, 0.6) is 0 Å². The monoisotopic (exact) mass is 315 g/mol. The number of likely N-dealkylation sites (tertiary alicyclic amines) is 1. The van der Waals surface area contributed by atoms with Gasteiger partial charge in [0.15, 0.2) is 0 Å². The molecule has 0 aromatic carbocycles. The topological polar surface area (TPSA) is 76.2 Å². The predicted octanol–water partition coefficient (Wildman–Crippen LogP) is 0.612. The lowest BCUT2D eigenvalue weighted by atomic mass is 9.97. The summed E-state index contributed by atoms with van der Waals surface area (Å²) in [5.41, 5.74) is 6.64. The number of piperidine rings is 1. The van der Waals surface area contributed by atoms with Crippen molar-refractivity contribution in [2.45, 2.75) is 32.9 Å². The minimum atomic E-state index is 0. The zero-order valence-corrected chi connectivity index (χ0v) is 13.4. The molecule has 7 heteroatoms. The van der Waals surface area contributed by atoms with Gasteiger partial charge in [-0.1, -0.05) is 0 Å². The fourth-order valence-electron chi connectivity index (χ4n) is 2.76. The van der Waals surface area contributed by atoms with Gasteiger partial charge in [-0.3, -0.25) is 14.4 Å². The second-order valence-electron chi connectivity index (χ2n) is 5.29. The molecular weight excluding hydrogens is 290 g/mol. The van der Waals surface area contributed by atoms with Crippen LogP contribution in [-0.4, -0.2) is 46.8 Å². The van der Waals surface area contributed by atoms with Crippen molar-refractivity contribution in [2.75, 3.05) is 26.2 Å². The third-order valence-electron chi connectivity index (χ3n) is 3.81. The van der Waals surface area contributed by atoms with E-state index in [9.17, 15) is 4.79 Å². The number of amides is 1. The molecule has 21 heavy (non-hydrogen) atoms. The minimum Gasteiger partial charge on any atom is -0.355 e. The molecule has 1 aliphatic rings. The largest absolute Gasteiger partial charge is 0.355 e. The van der Waals surface area contributed by atoms with Crippen LogP contribution in [0.1, 0.15) is 25.5 Å². The van der Waals surface area contributed by atoms with E-state index in [0.717, 1.165) is 39.0 Å². The van der Waals surface area contributed by atoms with E-state index in [-0.39, 0.29) is 24.2 Å². The van der Waals surface area contributed by atoms with Crippen LogP contribution in [0.25, 0.3) is 0 Å². The van der Waals surface area contributed by atoms with Gasteiger partial charge < -0.3 is 11.1 Å². The van der Waals surface area contributed by atoms with Gasteiger partial charge in [0, 0.05) is 38.9 Å². The highest BCUT2D eigenvalue weighted by molar-refractivity contribution is 5.85. The molecule has 2 heterocycles. The zero-order chi connectivity index (χ0) is 14.4. The van der Waals surface area contributed by atoms with Crippen molar-refractivity contribution in [2.24, 2.45) is 11.7 Å². The first-order chi connectivity index (χ1) is 9.74. The van der Waals surface area contributed by atoms with E-state index < -0.39 is 0 Å². The highest BCUT2D eigenvalue weighted by Crippen LogP contribution is 2.18. The Morgan fingerprint density at radius 3 is 3.10 bits per heavy atom. The maximum atomic E-state index is 12.0. The number of halogens is 1. The molecule has 120 valence electrons. The molecule has 1 fully saturated rings. The number of hydrogen-bond donors (Lipinski definition) is 2. The Morgan fingerprint density at radius 2 is 2.38 bits per heavy atom. The van der Waals surface area contributed by atoms with Gasteiger partial charge in [-0.25, -0.2) is 0 Å². The van der Waals surface area contributed by atoms with Gasteiger partial charge in [0.25, 0.3) is 0 Å². The summed E-state index contributed by atoms with van der Waals surface area (Å²) in [6.07, 6.45) is 3.88. The average molecular weight is 316 g/mol. The summed E-state index contributed by atoms with van der Waals surface area (Å²) in [6.45, 7) is 6.79. The lowest BCUT2D eigenvalue weighted by molar-refractivity contribution is -0.126. The Morgan fingerprint density at radius 1 is 1.57 bits per heavy atom. The molecule has 3 N–H and O–H groups in total. The smallest absolute Gasteiger partial charge is 0.224 e. The van der Waals surface area contributed by atoms with Crippen LogP contribution >= 0.6 is 12.4 Å². The maximum absolute atomic E-state index is 12.0. The Labute approximate surface area is 132 Å². The number of hydrogen-bond acceptors (Lipinski definition) is 4. The van der Waals surface area contributed by atoms with Crippen molar-refractivity contribution in [1.29, 1.82) is 0 Å². The molecule has 2 rings (SSSR count). The molecule has 0 aliphatic carbocycles. The first-order valence-electron chi connectivity index (χ1n) is 7.45. The third kappa shape index (κ3) is 4.98. The fourth-order valence-corrected chi connectivity index (χ4v) is 2.76. The standard InChI is InChI=1S/C14H25N5O.ClH/c1-2-19-13(5-7-17-19)11-18-9-3-4-12(10-18)14(20)16-8-6-15;/h5,7,12H,2-4,6,8-11,15H2,1H3,(H,16,20);1H. The predicted molar refractivity (Wildman–Crippen MR) is 85.2 cm³/mol. The molecule has 1 atom stereocenters. The van der Waals surface area contributed by atoms with E-state index in [2.05, 4.69) is 28.3 Å². The number of aromatic nitrogens is 2. The van der Waals surface area contributed by atoms with Crippen LogP contribution in [0.15, 0.2) is 12.3 Å². The Kier molecular flexibility index (Phi) is 7.71. The summed E-state index contributed by atoms with van der Waals surface area (Å²) in [6, 6.07) is 2.06. The van der Waals surface area contributed by atoms with Crippen LogP contribution in [0.2, 0.25) is 0 Å².